The molecule has 1 saturated heterocycles. The van der Waals surface area contributed by atoms with Gasteiger partial charge in [0.2, 0.25) is 0 Å². The third kappa shape index (κ3) is 5.90. The average molecular weight is 670 g/mol. The van der Waals surface area contributed by atoms with Crippen molar-refractivity contribution in [1.29, 1.82) is 0 Å². The summed E-state index contributed by atoms with van der Waals surface area (Å²) in [4.78, 5) is 66.6. The Labute approximate surface area is 259 Å². The van der Waals surface area contributed by atoms with E-state index in [9.17, 15) is 24.0 Å². The molecule has 11 heteroatoms. The van der Waals surface area contributed by atoms with Gasteiger partial charge in [-0.25, -0.2) is 9.80 Å². The highest BCUT2D eigenvalue weighted by molar-refractivity contribution is 9.10. The molecule has 3 aromatic carbocycles. The van der Waals surface area contributed by atoms with Crippen LogP contribution in [0, 0.1) is 17.8 Å². The van der Waals surface area contributed by atoms with Crippen LogP contribution in [0.4, 0.5) is 0 Å². The van der Waals surface area contributed by atoms with Crippen LogP contribution in [0.15, 0.2) is 83.4 Å². The number of hydrogen-bond acceptors (Lipinski definition) is 6. The van der Waals surface area contributed by atoms with E-state index in [1.165, 1.54) is 42.5 Å². The number of benzene rings is 3. The largest absolute Gasteiger partial charge is 0.423 e. The van der Waals surface area contributed by atoms with Crippen LogP contribution in [0.25, 0.3) is 0 Å². The normalized spacial score (nSPS) is 19.4. The van der Waals surface area contributed by atoms with Gasteiger partial charge in [0.1, 0.15) is 12.3 Å². The Bertz CT molecular complexity index is 1620. The van der Waals surface area contributed by atoms with Crippen molar-refractivity contribution in [2.24, 2.45) is 17.8 Å². The second-order valence-corrected chi connectivity index (χ2v) is 11.7. The summed E-state index contributed by atoms with van der Waals surface area (Å²) in [6.45, 7) is 1.24. The Kier molecular flexibility index (Phi) is 8.63. The van der Waals surface area contributed by atoms with E-state index in [1.54, 1.807) is 24.3 Å². The van der Waals surface area contributed by atoms with Crippen molar-refractivity contribution in [3.05, 3.63) is 110 Å². The maximum absolute atomic E-state index is 13.7. The van der Waals surface area contributed by atoms with E-state index >= 15 is 0 Å². The van der Waals surface area contributed by atoms with E-state index in [0.29, 0.717) is 12.0 Å². The number of carbonyl (C=O) groups is 5. The fourth-order valence-corrected chi connectivity index (χ4v) is 5.63. The van der Waals surface area contributed by atoms with Crippen molar-refractivity contribution in [2.75, 3.05) is 6.54 Å². The number of esters is 1. The molecule has 0 bridgehead atoms. The summed E-state index contributed by atoms with van der Waals surface area (Å²) in [5.41, 5.74) is 0.575. The van der Waals surface area contributed by atoms with Gasteiger partial charge in [-0.3, -0.25) is 19.2 Å². The zero-order valence-electron chi connectivity index (χ0n) is 22.1. The minimum absolute atomic E-state index is 0.0500. The molecule has 8 nitrogen and oxygen atoms in total. The molecule has 1 aliphatic heterocycles. The Morgan fingerprint density at radius 2 is 1.55 bits per heavy atom. The van der Waals surface area contributed by atoms with Gasteiger partial charge in [0, 0.05) is 15.6 Å². The number of rotatable bonds is 7. The lowest BCUT2D eigenvalue weighted by atomic mass is 9.78. The van der Waals surface area contributed by atoms with Crippen molar-refractivity contribution >= 4 is 68.6 Å². The number of fused-ring (bicyclic) bond motifs is 1. The molecule has 0 spiro atoms. The minimum Gasteiger partial charge on any atom is -0.423 e. The summed E-state index contributed by atoms with van der Waals surface area (Å²) in [6, 6.07) is 16.6. The molecule has 2 aliphatic rings. The number of Topliss-reactive ketones (excluding diaryl/α,β-unsaturated/α-hetero) is 1. The number of nitrogens with zero attached hydrogens (tertiary/aromatic N) is 2. The Hall–Kier alpha value is -3.79. The van der Waals surface area contributed by atoms with Crippen LogP contribution in [0.1, 0.15) is 44.4 Å². The molecule has 1 fully saturated rings. The zero-order valence-corrected chi connectivity index (χ0v) is 25.2. The fourth-order valence-electron chi connectivity index (χ4n) is 5.07. The number of imide groups is 1. The van der Waals surface area contributed by atoms with E-state index in [1.807, 2.05) is 19.1 Å². The van der Waals surface area contributed by atoms with Gasteiger partial charge in [0.05, 0.1) is 27.4 Å². The Morgan fingerprint density at radius 1 is 0.905 bits per heavy atom. The third-order valence-corrected chi connectivity index (χ3v) is 8.52. The standard InChI is InChI=1S/C31H23BrCl2N2O6/c1-17-3-2-4-23-27(17)30(40)36(29(23)39)35(28(38)20-9-14-24(33)25(34)15-20)16-26(37)18-7-12-22(13-8-18)42-31(41)19-5-10-21(32)11-6-19/h2-3,5-15,17,23,27H,4,16H2,1H3/t17-,23+,27+/m1/s1. The van der Waals surface area contributed by atoms with Gasteiger partial charge in [-0.2, -0.15) is 5.01 Å². The molecular weight excluding hydrogens is 647 g/mol. The molecule has 0 unspecified atom stereocenters. The van der Waals surface area contributed by atoms with Gasteiger partial charge in [-0.15, -0.1) is 0 Å². The first-order valence-corrected chi connectivity index (χ1v) is 14.5. The van der Waals surface area contributed by atoms with E-state index in [4.69, 9.17) is 27.9 Å². The first kappa shape index (κ1) is 29.7. The molecule has 0 aromatic heterocycles. The van der Waals surface area contributed by atoms with E-state index in [-0.39, 0.29) is 32.8 Å². The van der Waals surface area contributed by atoms with Crippen molar-refractivity contribution in [3.63, 3.8) is 0 Å². The first-order chi connectivity index (χ1) is 20.0. The molecule has 214 valence electrons. The SMILES string of the molecule is C[C@@H]1C=CC[C@@H]2C(=O)N(N(CC(=O)c3ccc(OC(=O)c4ccc(Br)cc4)cc3)C(=O)c3ccc(Cl)c(Cl)c3)C(=O)[C@@H]12. The summed E-state index contributed by atoms with van der Waals surface area (Å²) in [5, 5.41) is 2.00. The molecule has 5 rings (SSSR count). The summed E-state index contributed by atoms with van der Waals surface area (Å²) >= 11 is 15.5. The lowest BCUT2D eigenvalue weighted by molar-refractivity contribution is -0.154. The molecule has 1 heterocycles. The van der Waals surface area contributed by atoms with Crippen LogP contribution in [-0.2, 0) is 9.59 Å². The monoisotopic (exact) mass is 668 g/mol. The lowest BCUT2D eigenvalue weighted by Gasteiger charge is -2.30. The zero-order chi connectivity index (χ0) is 30.1. The number of amides is 3. The predicted molar refractivity (Wildman–Crippen MR) is 159 cm³/mol. The van der Waals surface area contributed by atoms with Crippen LogP contribution < -0.4 is 4.74 Å². The van der Waals surface area contributed by atoms with Gasteiger partial charge in [-0.05, 0) is 79.1 Å². The van der Waals surface area contributed by atoms with Crippen LogP contribution in [0.3, 0.4) is 0 Å². The van der Waals surface area contributed by atoms with Crippen molar-refractivity contribution in [2.45, 2.75) is 13.3 Å². The number of halogens is 3. The number of ketones is 1. The van der Waals surface area contributed by atoms with E-state index in [2.05, 4.69) is 15.9 Å². The molecule has 3 aromatic rings. The quantitative estimate of drug-likeness (QED) is 0.0947. The maximum Gasteiger partial charge on any atom is 0.343 e. The summed E-state index contributed by atoms with van der Waals surface area (Å²) in [6.07, 6.45) is 4.08. The highest BCUT2D eigenvalue weighted by atomic mass is 79.9. The van der Waals surface area contributed by atoms with Gasteiger partial charge >= 0.3 is 5.97 Å². The maximum atomic E-state index is 13.7. The topological polar surface area (TPSA) is 101 Å². The molecule has 42 heavy (non-hydrogen) atoms. The van der Waals surface area contributed by atoms with Crippen LogP contribution >= 0.6 is 39.1 Å². The van der Waals surface area contributed by atoms with Crippen molar-refractivity contribution in [3.8, 4) is 5.75 Å². The van der Waals surface area contributed by atoms with Crippen molar-refractivity contribution < 1.29 is 28.7 Å². The van der Waals surface area contributed by atoms with E-state index in [0.717, 1.165) is 14.5 Å². The molecule has 3 amide bonds. The molecule has 1 aliphatic carbocycles. The number of hydrogen-bond donors (Lipinski definition) is 0. The molecular formula is C31H23BrCl2N2O6. The fraction of sp³-hybridized carbons (Fsp3) is 0.194. The second-order valence-electron chi connectivity index (χ2n) is 9.98. The number of ether oxygens (including phenoxy) is 1. The van der Waals surface area contributed by atoms with Crippen molar-refractivity contribution in [1.82, 2.24) is 10.0 Å². The first-order valence-electron chi connectivity index (χ1n) is 13.0. The Morgan fingerprint density at radius 3 is 2.19 bits per heavy atom. The smallest absolute Gasteiger partial charge is 0.343 e. The highest BCUT2D eigenvalue weighted by Gasteiger charge is 2.53. The Balaban J connectivity index is 1.39. The van der Waals surface area contributed by atoms with Crippen LogP contribution in [0.2, 0.25) is 10.0 Å². The highest BCUT2D eigenvalue weighted by Crippen LogP contribution is 2.39. The molecule has 3 atom stereocenters. The summed E-state index contributed by atoms with van der Waals surface area (Å²) in [5.74, 6) is -4.24. The lowest BCUT2D eigenvalue weighted by Crippen LogP contribution is -2.52. The predicted octanol–water partition coefficient (Wildman–Crippen LogP) is 6.41. The number of allylic oxidation sites excluding steroid dienone is 2. The van der Waals surface area contributed by atoms with Crippen LogP contribution in [-0.4, -0.2) is 46.0 Å². The van der Waals surface area contributed by atoms with Crippen LogP contribution in [0.5, 0.6) is 5.75 Å². The van der Waals surface area contributed by atoms with Gasteiger partial charge in [0.15, 0.2) is 5.78 Å². The second kappa shape index (κ2) is 12.2. The third-order valence-electron chi connectivity index (χ3n) is 7.25. The summed E-state index contributed by atoms with van der Waals surface area (Å²) in [7, 11) is 0. The molecule has 0 saturated carbocycles. The average Bonchev–Trinajstić information content (AvgIpc) is 3.23. The molecule has 0 N–H and O–H groups in total. The minimum atomic E-state index is -0.761. The van der Waals surface area contributed by atoms with Gasteiger partial charge in [-0.1, -0.05) is 58.2 Å². The number of hydrazine groups is 1. The van der Waals surface area contributed by atoms with E-state index < -0.39 is 47.9 Å². The summed E-state index contributed by atoms with van der Waals surface area (Å²) < 4.78 is 6.21. The van der Waals surface area contributed by atoms with Gasteiger partial charge in [0.25, 0.3) is 17.7 Å². The molecule has 0 radical (unpaired) electrons. The number of carbonyl (C=O) groups excluding carboxylic acids is 5. The van der Waals surface area contributed by atoms with Gasteiger partial charge < -0.3 is 4.74 Å².